The van der Waals surface area contributed by atoms with Crippen LogP contribution in [0.2, 0.25) is 5.15 Å². The third-order valence-corrected chi connectivity index (χ3v) is 5.04. The molecule has 1 amide bonds. The van der Waals surface area contributed by atoms with Gasteiger partial charge < -0.3 is 15.5 Å². The van der Waals surface area contributed by atoms with Gasteiger partial charge in [-0.25, -0.2) is 4.98 Å². The van der Waals surface area contributed by atoms with Crippen molar-refractivity contribution in [2.24, 2.45) is 4.99 Å². The van der Waals surface area contributed by atoms with Crippen LogP contribution in [-0.2, 0) is 24.3 Å². The first-order chi connectivity index (χ1) is 13.7. The predicted molar refractivity (Wildman–Crippen MR) is 112 cm³/mol. The molecule has 148 valence electrons. The lowest BCUT2D eigenvalue weighted by Crippen LogP contribution is -2.38. The Morgan fingerprint density at radius 2 is 2.04 bits per heavy atom. The van der Waals surface area contributed by atoms with Gasteiger partial charge in [0.1, 0.15) is 5.15 Å². The van der Waals surface area contributed by atoms with Crippen LogP contribution in [0, 0.1) is 0 Å². The minimum absolute atomic E-state index is 0.247. The van der Waals surface area contributed by atoms with Gasteiger partial charge in [0.2, 0.25) is 5.91 Å². The lowest BCUT2D eigenvalue weighted by molar-refractivity contribution is -0.128. The number of nitrogens with zero attached hydrogens (tertiary/aromatic N) is 3. The topological polar surface area (TPSA) is 69.6 Å². The Morgan fingerprint density at radius 3 is 2.71 bits per heavy atom. The number of hydrogen-bond donors (Lipinski definition) is 2. The van der Waals surface area contributed by atoms with Gasteiger partial charge in [-0.2, -0.15) is 0 Å². The van der Waals surface area contributed by atoms with Crippen LogP contribution in [0.4, 0.5) is 0 Å². The van der Waals surface area contributed by atoms with Gasteiger partial charge in [-0.1, -0.05) is 41.9 Å². The van der Waals surface area contributed by atoms with E-state index in [4.69, 9.17) is 11.6 Å². The van der Waals surface area contributed by atoms with Gasteiger partial charge in [0.25, 0.3) is 0 Å². The summed E-state index contributed by atoms with van der Waals surface area (Å²) in [6, 6.07) is 12.0. The minimum atomic E-state index is 0.247. The van der Waals surface area contributed by atoms with E-state index in [9.17, 15) is 4.79 Å². The molecule has 2 heterocycles. The highest BCUT2D eigenvalue weighted by molar-refractivity contribution is 6.29. The van der Waals surface area contributed by atoms with Crippen molar-refractivity contribution < 1.29 is 4.79 Å². The predicted octanol–water partition coefficient (Wildman–Crippen LogP) is 2.77. The second-order valence-corrected chi connectivity index (χ2v) is 7.17. The summed E-state index contributed by atoms with van der Waals surface area (Å²) < 4.78 is 0. The van der Waals surface area contributed by atoms with E-state index in [1.807, 2.05) is 23.1 Å². The van der Waals surface area contributed by atoms with Gasteiger partial charge in [-0.15, -0.1) is 0 Å². The van der Waals surface area contributed by atoms with Crippen molar-refractivity contribution in [3.05, 3.63) is 64.4 Å². The molecule has 0 spiro atoms. The molecule has 3 rings (SSSR count). The van der Waals surface area contributed by atoms with Crippen LogP contribution in [-0.4, -0.2) is 41.9 Å². The summed E-state index contributed by atoms with van der Waals surface area (Å²) in [5, 5.41) is 7.18. The molecule has 28 heavy (non-hydrogen) atoms. The molecule has 0 saturated carbocycles. The van der Waals surface area contributed by atoms with Gasteiger partial charge in [0.15, 0.2) is 5.96 Å². The fourth-order valence-corrected chi connectivity index (χ4v) is 3.35. The van der Waals surface area contributed by atoms with Crippen molar-refractivity contribution in [2.45, 2.75) is 32.4 Å². The third-order valence-electron chi connectivity index (χ3n) is 4.82. The fraction of sp³-hybridized carbons (Fsp3) is 0.381. The van der Waals surface area contributed by atoms with Crippen LogP contribution in [0.1, 0.15) is 29.5 Å². The zero-order chi connectivity index (χ0) is 19.8. The van der Waals surface area contributed by atoms with E-state index >= 15 is 0 Å². The SMILES string of the molecule is CN=C(NCCc1ccc(Cl)nc1)NCc1ccccc1CN1CCCC1=O. The second-order valence-electron chi connectivity index (χ2n) is 6.78. The van der Waals surface area contributed by atoms with Crippen molar-refractivity contribution in [1.29, 1.82) is 0 Å². The van der Waals surface area contributed by atoms with Gasteiger partial charge in [0.05, 0.1) is 0 Å². The highest BCUT2D eigenvalue weighted by Gasteiger charge is 2.20. The Morgan fingerprint density at radius 1 is 1.21 bits per heavy atom. The van der Waals surface area contributed by atoms with Gasteiger partial charge in [-0.05, 0) is 35.6 Å². The quantitative estimate of drug-likeness (QED) is 0.426. The molecule has 0 bridgehead atoms. The van der Waals surface area contributed by atoms with Crippen LogP contribution >= 0.6 is 11.6 Å². The van der Waals surface area contributed by atoms with Crippen molar-refractivity contribution >= 4 is 23.5 Å². The fourth-order valence-electron chi connectivity index (χ4n) is 3.24. The molecular weight excluding hydrogens is 374 g/mol. The molecule has 6 nitrogen and oxygen atoms in total. The molecule has 1 aliphatic heterocycles. The van der Waals surface area contributed by atoms with E-state index in [0.29, 0.717) is 24.7 Å². The van der Waals surface area contributed by atoms with Gasteiger partial charge in [-0.3, -0.25) is 9.79 Å². The molecule has 1 fully saturated rings. The van der Waals surface area contributed by atoms with Crippen LogP contribution in [0.25, 0.3) is 0 Å². The van der Waals surface area contributed by atoms with Gasteiger partial charge in [0, 0.05) is 45.8 Å². The van der Waals surface area contributed by atoms with Crippen LogP contribution in [0.15, 0.2) is 47.6 Å². The molecule has 2 N–H and O–H groups in total. The molecule has 1 aromatic carbocycles. The maximum absolute atomic E-state index is 11.9. The monoisotopic (exact) mass is 399 g/mol. The number of carbonyl (C=O) groups excluding carboxylic acids is 1. The van der Waals surface area contributed by atoms with E-state index in [2.05, 4.69) is 32.7 Å². The first-order valence-corrected chi connectivity index (χ1v) is 9.93. The summed E-state index contributed by atoms with van der Waals surface area (Å²) in [5.41, 5.74) is 3.47. The maximum Gasteiger partial charge on any atom is 0.222 e. The average Bonchev–Trinajstić information content (AvgIpc) is 3.11. The number of halogens is 1. The minimum Gasteiger partial charge on any atom is -0.356 e. The molecule has 0 aliphatic carbocycles. The van der Waals surface area contributed by atoms with Crippen molar-refractivity contribution in [2.75, 3.05) is 20.1 Å². The highest BCUT2D eigenvalue weighted by atomic mass is 35.5. The first kappa shape index (κ1) is 20.1. The molecular formula is C21H26ClN5O. The number of hydrogen-bond acceptors (Lipinski definition) is 3. The summed E-state index contributed by atoms with van der Waals surface area (Å²) in [5.74, 6) is 0.992. The molecule has 1 aliphatic rings. The second kappa shape index (κ2) is 10.1. The maximum atomic E-state index is 11.9. The van der Waals surface area contributed by atoms with Crippen molar-refractivity contribution in [1.82, 2.24) is 20.5 Å². The number of amides is 1. The molecule has 0 unspecified atom stereocenters. The van der Waals surface area contributed by atoms with Gasteiger partial charge >= 0.3 is 0 Å². The number of carbonyl (C=O) groups is 1. The average molecular weight is 400 g/mol. The number of nitrogens with one attached hydrogen (secondary N) is 2. The van der Waals surface area contributed by atoms with Crippen LogP contribution in [0.5, 0.6) is 0 Å². The summed E-state index contributed by atoms with van der Waals surface area (Å²) in [6.45, 7) is 2.92. The van der Waals surface area contributed by atoms with E-state index < -0.39 is 0 Å². The number of aromatic nitrogens is 1. The normalized spacial score (nSPS) is 14.4. The zero-order valence-electron chi connectivity index (χ0n) is 16.1. The van der Waals surface area contributed by atoms with E-state index in [1.165, 1.54) is 11.1 Å². The van der Waals surface area contributed by atoms with E-state index in [1.54, 1.807) is 19.3 Å². The largest absolute Gasteiger partial charge is 0.356 e. The molecule has 7 heteroatoms. The smallest absolute Gasteiger partial charge is 0.222 e. The Bertz CT molecular complexity index is 822. The van der Waals surface area contributed by atoms with Crippen molar-refractivity contribution in [3.63, 3.8) is 0 Å². The molecule has 1 aromatic heterocycles. The zero-order valence-corrected chi connectivity index (χ0v) is 16.9. The summed E-state index contributed by atoms with van der Waals surface area (Å²) in [6.07, 6.45) is 4.24. The Labute approximate surface area is 171 Å². The highest BCUT2D eigenvalue weighted by Crippen LogP contribution is 2.17. The summed E-state index contributed by atoms with van der Waals surface area (Å²) in [4.78, 5) is 22.2. The number of rotatable bonds is 7. The number of likely N-dealkylation sites (tertiary alicyclic amines) is 1. The van der Waals surface area contributed by atoms with Crippen molar-refractivity contribution in [3.8, 4) is 0 Å². The summed E-state index contributed by atoms with van der Waals surface area (Å²) in [7, 11) is 1.76. The molecule has 0 radical (unpaired) electrons. The molecule has 0 atom stereocenters. The molecule has 2 aromatic rings. The summed E-state index contributed by atoms with van der Waals surface area (Å²) >= 11 is 5.81. The lowest BCUT2D eigenvalue weighted by Gasteiger charge is -2.19. The van der Waals surface area contributed by atoms with Crippen LogP contribution in [0.3, 0.4) is 0 Å². The number of pyridine rings is 1. The Balaban J connectivity index is 1.50. The molecule has 1 saturated heterocycles. The number of benzene rings is 1. The number of guanidine groups is 1. The standard InChI is InChI=1S/C21H26ClN5O/c1-23-21(24-11-10-16-8-9-19(22)25-13-16)26-14-17-5-2-3-6-18(17)15-27-12-4-7-20(27)28/h2-3,5-6,8-9,13H,4,7,10-12,14-15H2,1H3,(H2,23,24,26). The Kier molecular flexibility index (Phi) is 7.25. The van der Waals surface area contributed by atoms with E-state index in [-0.39, 0.29) is 5.91 Å². The number of aliphatic imine (C=N–C) groups is 1. The van der Waals surface area contributed by atoms with E-state index in [0.717, 1.165) is 37.5 Å². The Hall–Kier alpha value is -2.60. The van der Waals surface area contributed by atoms with Crippen LogP contribution < -0.4 is 10.6 Å². The lowest BCUT2D eigenvalue weighted by atomic mass is 10.1. The first-order valence-electron chi connectivity index (χ1n) is 9.55. The third kappa shape index (κ3) is 5.70.